The molecule has 0 saturated heterocycles. The average Bonchev–Trinajstić information content (AvgIpc) is 2.21. The van der Waals surface area contributed by atoms with Crippen molar-refractivity contribution in [3.8, 4) is 0 Å². The molecule has 0 aliphatic rings. The zero-order valence-corrected chi connectivity index (χ0v) is 10.9. The van der Waals surface area contributed by atoms with Gasteiger partial charge in [-0.05, 0) is 5.21 Å². The second-order valence-corrected chi connectivity index (χ2v) is 5.10. The lowest BCUT2D eigenvalue weighted by atomic mass is 9.45. The normalized spacial score (nSPS) is 14.8. The Labute approximate surface area is 102 Å². The minimum Gasteiger partial charge on any atom is -0.427 e. The summed E-state index contributed by atoms with van der Waals surface area (Å²) in [7, 11) is 4.33. The van der Waals surface area contributed by atoms with E-state index in [0.717, 1.165) is 12.8 Å². The maximum atomic E-state index is 9.01. The molecule has 0 fully saturated rings. The lowest BCUT2D eigenvalue weighted by Crippen LogP contribution is -2.30. The predicted molar refractivity (Wildman–Crippen MR) is 71.5 cm³/mol. The van der Waals surface area contributed by atoms with Crippen molar-refractivity contribution in [3.05, 3.63) is 0 Å². The second-order valence-electron chi connectivity index (χ2n) is 5.10. The molecule has 0 aliphatic carbocycles. The van der Waals surface area contributed by atoms with Gasteiger partial charge in [0.05, 0.1) is 7.85 Å². The highest BCUT2D eigenvalue weighted by Gasteiger charge is 2.30. The molecule has 0 aromatic heterocycles. The molecule has 2 nitrogen and oxygen atoms in total. The molecule has 0 bridgehead atoms. The number of unbranched alkanes of at least 4 members (excludes halogenated alkanes) is 7. The third-order valence-corrected chi connectivity index (χ3v) is 3.16. The van der Waals surface area contributed by atoms with E-state index in [-0.39, 0.29) is 0 Å². The fraction of sp³-hybridized carbons (Fsp3) is 1.00. The van der Waals surface area contributed by atoms with Gasteiger partial charge in [0.2, 0.25) is 0 Å². The summed E-state index contributed by atoms with van der Waals surface area (Å²) in [6.07, 6.45) is 10.7. The Balaban J connectivity index is 3.27. The number of rotatable bonds is 10. The maximum absolute atomic E-state index is 9.01. The van der Waals surface area contributed by atoms with Crippen molar-refractivity contribution >= 4 is 15.0 Å². The van der Waals surface area contributed by atoms with E-state index >= 15 is 0 Å². The summed E-state index contributed by atoms with van der Waals surface area (Å²) in [5.41, 5.74) is 0. The van der Waals surface area contributed by atoms with Gasteiger partial charge in [-0.2, -0.15) is 0 Å². The molecule has 0 aliphatic heterocycles. The molecule has 16 heavy (non-hydrogen) atoms. The smallest absolute Gasteiger partial charge is 0.427 e. The molecule has 4 heteroatoms. The van der Waals surface area contributed by atoms with E-state index < -0.39 is 12.3 Å². The van der Waals surface area contributed by atoms with E-state index in [1.807, 2.05) is 0 Å². The fourth-order valence-corrected chi connectivity index (χ4v) is 1.77. The Morgan fingerprint density at radius 1 is 0.938 bits per heavy atom. The first-order valence-electron chi connectivity index (χ1n) is 6.65. The van der Waals surface area contributed by atoms with Gasteiger partial charge < -0.3 is 10.0 Å². The summed E-state index contributed by atoms with van der Waals surface area (Å²) in [6.45, 7) is 3.92. The fourth-order valence-electron chi connectivity index (χ4n) is 1.77. The van der Waals surface area contributed by atoms with Crippen molar-refractivity contribution in [1.29, 1.82) is 0 Å². The van der Waals surface area contributed by atoms with Crippen molar-refractivity contribution in [2.45, 2.75) is 76.8 Å². The van der Waals surface area contributed by atoms with Crippen molar-refractivity contribution in [1.82, 2.24) is 0 Å². The summed E-state index contributed by atoms with van der Waals surface area (Å²) in [5.74, 6) is 0. The molecule has 1 unspecified atom stereocenters. The van der Waals surface area contributed by atoms with E-state index in [9.17, 15) is 0 Å². The Bertz CT molecular complexity index is 161. The highest BCUT2D eigenvalue weighted by atomic mass is 16.4. The van der Waals surface area contributed by atoms with E-state index in [1.165, 1.54) is 38.5 Å². The minimum atomic E-state index is -1.41. The van der Waals surface area contributed by atoms with Crippen molar-refractivity contribution in [2.75, 3.05) is 0 Å². The molecule has 2 N–H and O–H groups in total. The molecule has 92 valence electrons. The molecule has 0 saturated carbocycles. The van der Waals surface area contributed by atoms with Gasteiger partial charge >= 0.3 is 7.12 Å². The zero-order valence-electron chi connectivity index (χ0n) is 10.9. The highest BCUT2D eigenvalue weighted by molar-refractivity contribution is 6.57. The van der Waals surface area contributed by atoms with Crippen molar-refractivity contribution < 1.29 is 10.0 Å². The molecule has 0 spiro atoms. The van der Waals surface area contributed by atoms with E-state index in [1.54, 1.807) is 6.92 Å². The lowest BCUT2D eigenvalue weighted by molar-refractivity contribution is 0.367. The molecular weight excluding hydrogens is 198 g/mol. The molecule has 0 heterocycles. The highest BCUT2D eigenvalue weighted by Crippen LogP contribution is 2.29. The van der Waals surface area contributed by atoms with Gasteiger partial charge in [-0.1, -0.05) is 71.6 Å². The van der Waals surface area contributed by atoms with E-state index in [4.69, 9.17) is 17.9 Å². The van der Waals surface area contributed by atoms with Crippen LogP contribution in [0.3, 0.4) is 0 Å². The van der Waals surface area contributed by atoms with Crippen LogP contribution in [0.5, 0.6) is 0 Å². The maximum Gasteiger partial charge on any atom is 0.448 e. The van der Waals surface area contributed by atoms with Gasteiger partial charge in [-0.3, -0.25) is 0 Å². The SMILES string of the molecule is [B]C(C)(CCCCCCCCCC)B(O)O. The molecule has 0 aromatic carbocycles. The molecule has 0 amide bonds. The van der Waals surface area contributed by atoms with E-state index in [2.05, 4.69) is 6.92 Å². The van der Waals surface area contributed by atoms with Crippen LogP contribution in [0, 0.1) is 0 Å². The van der Waals surface area contributed by atoms with Gasteiger partial charge in [0.1, 0.15) is 0 Å². The molecule has 1 atom stereocenters. The summed E-state index contributed by atoms with van der Waals surface area (Å²) in [5, 5.41) is 17.2. The average molecular weight is 224 g/mol. The van der Waals surface area contributed by atoms with Crippen molar-refractivity contribution in [2.24, 2.45) is 0 Å². The second kappa shape index (κ2) is 9.12. The van der Waals surface area contributed by atoms with Gasteiger partial charge in [0.25, 0.3) is 0 Å². The van der Waals surface area contributed by atoms with E-state index in [0.29, 0.717) is 6.42 Å². The summed E-state index contributed by atoms with van der Waals surface area (Å²) >= 11 is 0. The standard InChI is InChI=1S/C12H26B2O2/c1-3-4-5-6-7-8-9-10-11-12(2,13)14(15)16/h15-16H,3-11H2,1-2H3. The van der Waals surface area contributed by atoms with Crippen LogP contribution in [0.15, 0.2) is 0 Å². The van der Waals surface area contributed by atoms with Crippen LogP contribution in [0.2, 0.25) is 5.21 Å². The molecule has 2 radical (unpaired) electrons. The van der Waals surface area contributed by atoms with Gasteiger partial charge in [0.15, 0.2) is 0 Å². The van der Waals surface area contributed by atoms with Gasteiger partial charge in [-0.25, -0.2) is 0 Å². The van der Waals surface area contributed by atoms with Gasteiger partial charge in [0, 0.05) is 0 Å². The quantitative estimate of drug-likeness (QED) is 0.442. The lowest BCUT2D eigenvalue weighted by Gasteiger charge is -2.23. The van der Waals surface area contributed by atoms with Crippen LogP contribution in [0.25, 0.3) is 0 Å². The Kier molecular flexibility index (Phi) is 9.15. The first-order valence-corrected chi connectivity index (χ1v) is 6.65. The van der Waals surface area contributed by atoms with Crippen LogP contribution in [-0.4, -0.2) is 25.0 Å². The minimum absolute atomic E-state index is 0.680. The zero-order chi connectivity index (χ0) is 12.4. The Morgan fingerprint density at radius 3 is 1.81 bits per heavy atom. The predicted octanol–water partition coefficient (Wildman–Crippen LogP) is 2.88. The first-order chi connectivity index (χ1) is 7.50. The van der Waals surface area contributed by atoms with Crippen LogP contribution in [0.1, 0.15) is 71.6 Å². The molecular formula is C12H26B2O2. The van der Waals surface area contributed by atoms with Crippen LogP contribution in [-0.2, 0) is 0 Å². The number of hydrogen-bond acceptors (Lipinski definition) is 2. The molecule has 0 aromatic rings. The van der Waals surface area contributed by atoms with Crippen LogP contribution >= 0.6 is 0 Å². The monoisotopic (exact) mass is 224 g/mol. The molecule has 0 rings (SSSR count). The Hall–Kier alpha value is 0.0499. The first kappa shape index (κ1) is 16.0. The Morgan fingerprint density at radius 2 is 1.38 bits per heavy atom. The van der Waals surface area contributed by atoms with Crippen molar-refractivity contribution in [3.63, 3.8) is 0 Å². The summed E-state index contributed by atoms with van der Waals surface area (Å²) in [6, 6.07) is 0. The van der Waals surface area contributed by atoms with Crippen LogP contribution < -0.4 is 0 Å². The summed E-state index contributed by atoms with van der Waals surface area (Å²) < 4.78 is 0. The number of hydrogen-bond donors (Lipinski definition) is 2. The third-order valence-electron chi connectivity index (χ3n) is 3.16. The largest absolute Gasteiger partial charge is 0.448 e. The van der Waals surface area contributed by atoms with Gasteiger partial charge in [-0.15, -0.1) is 0 Å². The third kappa shape index (κ3) is 8.23. The topological polar surface area (TPSA) is 40.5 Å². The summed E-state index contributed by atoms with van der Waals surface area (Å²) in [4.78, 5) is 0. The van der Waals surface area contributed by atoms with Crippen LogP contribution in [0.4, 0.5) is 0 Å².